The Bertz CT molecular complexity index is 976. The molecule has 0 spiro atoms. The maximum Gasteiger partial charge on any atom is 0.274 e. The molecule has 26 heavy (non-hydrogen) atoms. The molecule has 2 aromatic carbocycles. The minimum absolute atomic E-state index is 0.238. The van der Waals surface area contributed by atoms with Crippen LogP contribution in [-0.4, -0.2) is 15.9 Å². The van der Waals surface area contributed by atoms with E-state index in [0.29, 0.717) is 21.7 Å². The van der Waals surface area contributed by atoms with E-state index in [1.165, 1.54) is 6.20 Å². The number of halogens is 2. The molecule has 2 N–H and O–H groups in total. The van der Waals surface area contributed by atoms with Gasteiger partial charge < -0.3 is 10.6 Å². The van der Waals surface area contributed by atoms with Crippen molar-refractivity contribution in [3.05, 3.63) is 75.5 Å². The number of benzene rings is 2. The second-order valence-corrected chi connectivity index (χ2v) is 6.56. The van der Waals surface area contributed by atoms with Gasteiger partial charge in [0.2, 0.25) is 5.95 Å². The molecule has 0 radical (unpaired) electrons. The first kappa shape index (κ1) is 18.2. The monoisotopic (exact) mass is 386 g/mol. The summed E-state index contributed by atoms with van der Waals surface area (Å²) in [5, 5.41) is 7.09. The average molecular weight is 387 g/mol. The summed E-state index contributed by atoms with van der Waals surface area (Å²) in [6.45, 7) is 3.78. The summed E-state index contributed by atoms with van der Waals surface area (Å²) < 4.78 is 0. The lowest BCUT2D eigenvalue weighted by atomic mass is 10.2. The molecule has 1 heterocycles. The van der Waals surface area contributed by atoms with Crippen LogP contribution in [-0.2, 0) is 0 Å². The van der Waals surface area contributed by atoms with Gasteiger partial charge in [-0.3, -0.25) is 4.79 Å². The molecule has 1 amide bonds. The first-order valence-corrected chi connectivity index (χ1v) is 8.62. The molecule has 132 valence electrons. The molecule has 0 unspecified atom stereocenters. The largest absolute Gasteiger partial charge is 0.324 e. The van der Waals surface area contributed by atoms with Crippen LogP contribution in [0.2, 0.25) is 10.0 Å². The summed E-state index contributed by atoms with van der Waals surface area (Å²) in [4.78, 5) is 20.9. The molecule has 0 aliphatic heterocycles. The topological polar surface area (TPSA) is 66.9 Å². The molecule has 3 aromatic rings. The summed E-state index contributed by atoms with van der Waals surface area (Å²) >= 11 is 12.1. The highest BCUT2D eigenvalue weighted by Crippen LogP contribution is 2.24. The quantitative estimate of drug-likeness (QED) is 0.629. The van der Waals surface area contributed by atoms with Gasteiger partial charge in [0.05, 0.1) is 0 Å². The lowest BCUT2D eigenvalue weighted by Crippen LogP contribution is -2.15. The van der Waals surface area contributed by atoms with E-state index in [-0.39, 0.29) is 11.6 Å². The van der Waals surface area contributed by atoms with Crippen molar-refractivity contribution < 1.29 is 4.79 Å². The summed E-state index contributed by atoms with van der Waals surface area (Å²) in [6, 6.07) is 12.4. The lowest BCUT2D eigenvalue weighted by Gasteiger charge is -2.11. The lowest BCUT2D eigenvalue weighted by molar-refractivity contribution is 0.102. The zero-order valence-electron chi connectivity index (χ0n) is 14.2. The average Bonchev–Trinajstić information content (AvgIpc) is 2.62. The zero-order valence-corrected chi connectivity index (χ0v) is 15.7. The fraction of sp³-hybridized carbons (Fsp3) is 0.105. The van der Waals surface area contributed by atoms with Crippen LogP contribution >= 0.6 is 23.2 Å². The van der Waals surface area contributed by atoms with Crippen LogP contribution in [0.3, 0.4) is 0 Å². The number of rotatable bonds is 4. The summed E-state index contributed by atoms with van der Waals surface area (Å²) in [5.74, 6) is -0.0329. The SMILES string of the molecule is Cc1ccc(Cl)cc1Nc1nccc(C(=O)Nc2cccc(Cl)c2C)n1. The number of nitrogens with one attached hydrogen (secondary N) is 2. The van der Waals surface area contributed by atoms with Gasteiger partial charge in [-0.15, -0.1) is 0 Å². The summed E-state index contributed by atoms with van der Waals surface area (Å²) in [6.07, 6.45) is 1.52. The maximum atomic E-state index is 12.5. The molecule has 3 rings (SSSR count). The van der Waals surface area contributed by atoms with Gasteiger partial charge in [0, 0.05) is 27.6 Å². The molecule has 0 bridgehead atoms. The Labute approximate surface area is 161 Å². The van der Waals surface area contributed by atoms with Gasteiger partial charge in [0.25, 0.3) is 5.91 Å². The molecule has 5 nitrogen and oxygen atoms in total. The van der Waals surface area contributed by atoms with Crippen molar-refractivity contribution in [3.63, 3.8) is 0 Å². The molecule has 7 heteroatoms. The Hall–Kier alpha value is -2.63. The van der Waals surface area contributed by atoms with Crippen LogP contribution in [0.1, 0.15) is 21.6 Å². The molecule has 1 aromatic heterocycles. The Morgan fingerprint density at radius 3 is 2.65 bits per heavy atom. The van der Waals surface area contributed by atoms with E-state index in [4.69, 9.17) is 23.2 Å². The fourth-order valence-corrected chi connectivity index (χ4v) is 2.67. The van der Waals surface area contributed by atoms with E-state index in [9.17, 15) is 4.79 Å². The zero-order chi connectivity index (χ0) is 18.7. The molecule has 0 saturated heterocycles. The second kappa shape index (κ2) is 7.72. The van der Waals surface area contributed by atoms with E-state index in [0.717, 1.165) is 16.8 Å². The second-order valence-electron chi connectivity index (χ2n) is 5.72. The number of hydrogen-bond acceptors (Lipinski definition) is 4. The van der Waals surface area contributed by atoms with E-state index in [1.54, 1.807) is 36.4 Å². The molecular formula is C19H16Cl2N4O. The standard InChI is InChI=1S/C19H16Cl2N4O/c1-11-6-7-13(20)10-17(11)25-19-22-9-8-16(24-19)18(26)23-15-5-3-4-14(21)12(15)2/h3-10H,1-2H3,(H,23,26)(H,22,24,25). The highest BCUT2D eigenvalue weighted by molar-refractivity contribution is 6.32. The normalized spacial score (nSPS) is 10.5. The van der Waals surface area contributed by atoms with Crippen molar-refractivity contribution in [3.8, 4) is 0 Å². The van der Waals surface area contributed by atoms with E-state index in [1.807, 2.05) is 19.9 Å². The fourth-order valence-electron chi connectivity index (χ4n) is 2.32. The number of anilines is 3. The minimum atomic E-state index is -0.344. The Kier molecular flexibility index (Phi) is 5.40. The number of carbonyl (C=O) groups is 1. The molecule has 0 saturated carbocycles. The van der Waals surface area contributed by atoms with Crippen LogP contribution < -0.4 is 10.6 Å². The van der Waals surface area contributed by atoms with Crippen LogP contribution in [0.5, 0.6) is 0 Å². The van der Waals surface area contributed by atoms with E-state index < -0.39 is 0 Å². The number of aromatic nitrogens is 2. The predicted octanol–water partition coefficient (Wildman–Crippen LogP) is 5.40. The Balaban J connectivity index is 1.81. The van der Waals surface area contributed by atoms with Gasteiger partial charge in [-0.25, -0.2) is 9.97 Å². The van der Waals surface area contributed by atoms with Crippen LogP contribution in [0, 0.1) is 13.8 Å². The van der Waals surface area contributed by atoms with Crippen molar-refractivity contribution >= 4 is 46.4 Å². The molecule has 0 aliphatic carbocycles. The van der Waals surface area contributed by atoms with Crippen molar-refractivity contribution in [1.29, 1.82) is 0 Å². The summed E-state index contributed by atoms with van der Waals surface area (Å²) in [7, 11) is 0. The van der Waals surface area contributed by atoms with Gasteiger partial charge in [-0.2, -0.15) is 0 Å². The Morgan fingerprint density at radius 2 is 1.85 bits per heavy atom. The van der Waals surface area contributed by atoms with E-state index >= 15 is 0 Å². The van der Waals surface area contributed by atoms with Gasteiger partial charge in [0.1, 0.15) is 5.69 Å². The molecule has 0 aliphatic rings. The van der Waals surface area contributed by atoms with Crippen molar-refractivity contribution in [2.75, 3.05) is 10.6 Å². The molecular weight excluding hydrogens is 371 g/mol. The minimum Gasteiger partial charge on any atom is -0.324 e. The van der Waals surface area contributed by atoms with Gasteiger partial charge >= 0.3 is 0 Å². The smallest absolute Gasteiger partial charge is 0.274 e. The van der Waals surface area contributed by atoms with Crippen LogP contribution in [0.25, 0.3) is 0 Å². The van der Waals surface area contributed by atoms with Gasteiger partial charge in [0.15, 0.2) is 0 Å². The molecule has 0 atom stereocenters. The third kappa shape index (κ3) is 4.12. The number of aryl methyl sites for hydroxylation is 1. The first-order valence-electron chi connectivity index (χ1n) is 7.87. The van der Waals surface area contributed by atoms with Crippen molar-refractivity contribution in [1.82, 2.24) is 9.97 Å². The van der Waals surface area contributed by atoms with Crippen molar-refractivity contribution in [2.24, 2.45) is 0 Å². The number of nitrogens with zero attached hydrogens (tertiary/aromatic N) is 2. The third-order valence-electron chi connectivity index (χ3n) is 3.85. The van der Waals surface area contributed by atoms with Gasteiger partial charge in [-0.05, 0) is 55.3 Å². The number of carbonyl (C=O) groups excluding carboxylic acids is 1. The molecule has 0 fully saturated rings. The predicted molar refractivity (Wildman–Crippen MR) is 106 cm³/mol. The highest BCUT2D eigenvalue weighted by Gasteiger charge is 2.12. The highest BCUT2D eigenvalue weighted by atomic mass is 35.5. The maximum absolute atomic E-state index is 12.5. The van der Waals surface area contributed by atoms with Gasteiger partial charge in [-0.1, -0.05) is 35.3 Å². The van der Waals surface area contributed by atoms with Crippen LogP contribution in [0.15, 0.2) is 48.7 Å². The first-order chi connectivity index (χ1) is 12.4. The van der Waals surface area contributed by atoms with E-state index in [2.05, 4.69) is 20.6 Å². The number of amides is 1. The van der Waals surface area contributed by atoms with Crippen molar-refractivity contribution in [2.45, 2.75) is 13.8 Å². The number of hydrogen-bond donors (Lipinski definition) is 2. The Morgan fingerprint density at radius 1 is 1.04 bits per heavy atom. The summed E-state index contributed by atoms with van der Waals surface area (Å²) in [5.41, 5.74) is 3.44. The van der Waals surface area contributed by atoms with Crippen LogP contribution in [0.4, 0.5) is 17.3 Å². The third-order valence-corrected chi connectivity index (χ3v) is 4.49.